The summed E-state index contributed by atoms with van der Waals surface area (Å²) in [5.41, 5.74) is 10.2. The van der Waals surface area contributed by atoms with Crippen molar-refractivity contribution in [2.45, 2.75) is 76.0 Å². The molecule has 0 aromatic rings. The minimum Gasteiger partial charge on any atom is -0.459 e. The SMILES string of the molecule is C[C@H](NC(=O)CN)C(=O)N[C@H](CCC(=O)OC12CC3CC(CC(C3)C1)C2)C(N)=O. The molecule has 0 saturated heterocycles. The molecule has 4 aliphatic rings. The van der Waals surface area contributed by atoms with E-state index < -0.39 is 29.8 Å². The molecule has 4 aliphatic carbocycles. The van der Waals surface area contributed by atoms with Crippen molar-refractivity contribution in [2.75, 3.05) is 6.54 Å². The first-order valence-corrected chi connectivity index (χ1v) is 10.5. The van der Waals surface area contributed by atoms with E-state index in [-0.39, 0.29) is 31.0 Å². The number of carbonyl (C=O) groups excluding carboxylic acids is 4. The van der Waals surface area contributed by atoms with Gasteiger partial charge in [-0.3, -0.25) is 19.2 Å². The normalized spacial score (nSPS) is 31.6. The number of amides is 3. The van der Waals surface area contributed by atoms with E-state index in [1.165, 1.54) is 26.2 Å². The monoisotopic (exact) mass is 408 g/mol. The van der Waals surface area contributed by atoms with Gasteiger partial charge in [0.25, 0.3) is 0 Å². The largest absolute Gasteiger partial charge is 0.459 e. The Morgan fingerprint density at radius 2 is 1.59 bits per heavy atom. The molecule has 0 aromatic heterocycles. The molecule has 4 rings (SSSR count). The molecule has 0 aromatic carbocycles. The quantitative estimate of drug-likeness (QED) is 0.385. The number of ether oxygens (including phenoxy) is 1. The number of hydrogen-bond acceptors (Lipinski definition) is 6. The van der Waals surface area contributed by atoms with Gasteiger partial charge in [-0.05, 0) is 69.6 Å². The lowest BCUT2D eigenvalue weighted by molar-refractivity contribution is -0.186. The van der Waals surface area contributed by atoms with Gasteiger partial charge >= 0.3 is 5.97 Å². The first-order valence-electron chi connectivity index (χ1n) is 10.5. The lowest BCUT2D eigenvalue weighted by atomic mass is 9.54. The molecule has 9 heteroatoms. The van der Waals surface area contributed by atoms with E-state index >= 15 is 0 Å². The number of primary amides is 1. The van der Waals surface area contributed by atoms with Gasteiger partial charge < -0.3 is 26.8 Å². The van der Waals surface area contributed by atoms with Crippen molar-refractivity contribution in [3.05, 3.63) is 0 Å². The second-order valence-corrected chi connectivity index (χ2v) is 9.07. The van der Waals surface area contributed by atoms with Crippen LogP contribution in [-0.2, 0) is 23.9 Å². The zero-order valence-corrected chi connectivity index (χ0v) is 16.9. The lowest BCUT2D eigenvalue weighted by Crippen LogP contribution is -2.53. The van der Waals surface area contributed by atoms with Crippen LogP contribution in [0, 0.1) is 17.8 Å². The third-order valence-electron chi connectivity index (χ3n) is 6.57. The molecule has 29 heavy (non-hydrogen) atoms. The molecule has 6 N–H and O–H groups in total. The fraction of sp³-hybridized carbons (Fsp3) is 0.800. The molecule has 0 spiro atoms. The highest BCUT2D eigenvalue weighted by atomic mass is 16.6. The van der Waals surface area contributed by atoms with Gasteiger partial charge in [-0.2, -0.15) is 0 Å². The summed E-state index contributed by atoms with van der Waals surface area (Å²) in [7, 11) is 0. The minimum absolute atomic E-state index is 0.000817. The fourth-order valence-corrected chi connectivity index (χ4v) is 5.66. The number of nitrogens with one attached hydrogen (secondary N) is 2. The molecule has 0 unspecified atom stereocenters. The van der Waals surface area contributed by atoms with Crippen LogP contribution in [-0.4, -0.2) is 47.9 Å². The maximum Gasteiger partial charge on any atom is 0.306 e. The summed E-state index contributed by atoms with van der Waals surface area (Å²) < 4.78 is 5.93. The zero-order valence-electron chi connectivity index (χ0n) is 16.9. The number of hydrogen-bond donors (Lipinski definition) is 4. The van der Waals surface area contributed by atoms with Gasteiger partial charge in [0.2, 0.25) is 17.7 Å². The van der Waals surface area contributed by atoms with Crippen molar-refractivity contribution in [3.8, 4) is 0 Å². The number of carbonyl (C=O) groups is 4. The number of nitrogens with two attached hydrogens (primary N) is 2. The maximum atomic E-state index is 12.5. The van der Waals surface area contributed by atoms with Gasteiger partial charge in [0.05, 0.1) is 6.54 Å². The third-order valence-corrected chi connectivity index (χ3v) is 6.57. The molecule has 4 saturated carbocycles. The van der Waals surface area contributed by atoms with Gasteiger partial charge in [-0.15, -0.1) is 0 Å². The second-order valence-electron chi connectivity index (χ2n) is 9.07. The minimum atomic E-state index is -1.01. The van der Waals surface area contributed by atoms with Crippen LogP contribution in [0.4, 0.5) is 0 Å². The summed E-state index contributed by atoms with van der Waals surface area (Å²) in [5.74, 6) is -0.145. The summed E-state index contributed by atoms with van der Waals surface area (Å²) in [6.07, 6.45) is 6.66. The van der Waals surface area contributed by atoms with Crippen LogP contribution in [0.3, 0.4) is 0 Å². The summed E-state index contributed by atoms with van der Waals surface area (Å²) in [4.78, 5) is 47.7. The standard InChI is InChI=1S/C20H32N4O5/c1-11(23-16(25)10-21)19(28)24-15(18(22)27)2-3-17(26)29-20-7-12-4-13(8-20)6-14(5-12)9-20/h11-15H,2-10,21H2,1H3,(H2,22,27)(H,23,25)(H,24,28)/t11-,12?,13?,14?,15+,20?/m0/s1. The topological polar surface area (TPSA) is 154 Å². The maximum absolute atomic E-state index is 12.5. The summed E-state index contributed by atoms with van der Waals surface area (Å²) in [6.45, 7) is 1.23. The molecule has 0 aliphatic heterocycles. The van der Waals surface area contributed by atoms with E-state index in [1.807, 2.05) is 0 Å². The molecule has 3 amide bonds. The predicted octanol–water partition coefficient (Wildman–Crippen LogP) is -0.288. The van der Waals surface area contributed by atoms with Crippen molar-refractivity contribution in [2.24, 2.45) is 29.2 Å². The highest BCUT2D eigenvalue weighted by molar-refractivity contribution is 5.91. The number of esters is 1. The van der Waals surface area contributed by atoms with Crippen LogP contribution in [0.25, 0.3) is 0 Å². The molecule has 0 radical (unpaired) electrons. The fourth-order valence-electron chi connectivity index (χ4n) is 5.66. The van der Waals surface area contributed by atoms with E-state index in [1.54, 1.807) is 0 Å². The third kappa shape index (κ3) is 5.26. The Bertz CT molecular complexity index is 644. The van der Waals surface area contributed by atoms with E-state index in [0.29, 0.717) is 17.8 Å². The van der Waals surface area contributed by atoms with Gasteiger partial charge in [0, 0.05) is 6.42 Å². The summed E-state index contributed by atoms with van der Waals surface area (Å²) in [6, 6.07) is -1.88. The van der Waals surface area contributed by atoms with Crippen molar-refractivity contribution >= 4 is 23.7 Å². The van der Waals surface area contributed by atoms with Gasteiger partial charge in [0.1, 0.15) is 17.7 Å². The van der Waals surface area contributed by atoms with Gasteiger partial charge in [-0.25, -0.2) is 0 Å². The van der Waals surface area contributed by atoms with Gasteiger partial charge in [-0.1, -0.05) is 0 Å². The van der Waals surface area contributed by atoms with Crippen LogP contribution in [0.1, 0.15) is 58.3 Å². The van der Waals surface area contributed by atoms with E-state index in [0.717, 1.165) is 19.3 Å². The Balaban J connectivity index is 1.49. The Morgan fingerprint density at radius 1 is 1.03 bits per heavy atom. The van der Waals surface area contributed by atoms with Crippen molar-refractivity contribution in [1.82, 2.24) is 10.6 Å². The first kappa shape index (κ1) is 21.5. The lowest BCUT2D eigenvalue weighted by Gasteiger charge is -2.55. The van der Waals surface area contributed by atoms with Crippen molar-refractivity contribution in [1.29, 1.82) is 0 Å². The molecule has 4 fully saturated rings. The zero-order chi connectivity index (χ0) is 21.2. The Hall–Kier alpha value is -2.16. The molecule has 0 heterocycles. The van der Waals surface area contributed by atoms with Crippen molar-refractivity contribution < 1.29 is 23.9 Å². The van der Waals surface area contributed by atoms with Crippen LogP contribution in [0.2, 0.25) is 0 Å². The van der Waals surface area contributed by atoms with E-state index in [2.05, 4.69) is 10.6 Å². The van der Waals surface area contributed by atoms with Crippen LogP contribution in [0.15, 0.2) is 0 Å². The smallest absolute Gasteiger partial charge is 0.306 e. The van der Waals surface area contributed by atoms with E-state index in [4.69, 9.17) is 16.2 Å². The molecular weight excluding hydrogens is 376 g/mol. The molecule has 9 nitrogen and oxygen atoms in total. The van der Waals surface area contributed by atoms with Crippen LogP contribution >= 0.6 is 0 Å². The average Bonchev–Trinajstić information content (AvgIpc) is 2.62. The Morgan fingerprint density at radius 3 is 2.07 bits per heavy atom. The summed E-state index contributed by atoms with van der Waals surface area (Å²) >= 11 is 0. The van der Waals surface area contributed by atoms with Crippen LogP contribution < -0.4 is 22.1 Å². The molecule has 162 valence electrons. The van der Waals surface area contributed by atoms with Crippen LogP contribution in [0.5, 0.6) is 0 Å². The van der Waals surface area contributed by atoms with Crippen molar-refractivity contribution in [3.63, 3.8) is 0 Å². The summed E-state index contributed by atoms with van der Waals surface area (Å²) in [5, 5.41) is 4.89. The highest BCUT2D eigenvalue weighted by Crippen LogP contribution is 2.57. The predicted molar refractivity (Wildman–Crippen MR) is 104 cm³/mol. The second kappa shape index (κ2) is 8.69. The molecule has 2 atom stereocenters. The van der Waals surface area contributed by atoms with E-state index in [9.17, 15) is 19.2 Å². The highest BCUT2D eigenvalue weighted by Gasteiger charge is 2.53. The number of rotatable bonds is 9. The first-order chi connectivity index (χ1) is 13.7. The van der Waals surface area contributed by atoms with Gasteiger partial charge in [0.15, 0.2) is 0 Å². The molecular formula is C20H32N4O5. The Labute approximate surface area is 170 Å². The Kier molecular flexibility index (Phi) is 6.45. The molecule has 4 bridgehead atoms. The average molecular weight is 408 g/mol.